The molecule has 20 heavy (non-hydrogen) atoms. The molecule has 0 bridgehead atoms. The second-order valence-corrected chi connectivity index (χ2v) is 6.06. The molecule has 0 aromatic carbocycles. The molecule has 4 nitrogen and oxygen atoms in total. The van der Waals surface area contributed by atoms with Crippen molar-refractivity contribution in [2.75, 3.05) is 13.7 Å². The molecule has 0 radical (unpaired) electrons. The Morgan fingerprint density at radius 3 is 2.75 bits per heavy atom. The molecule has 0 saturated carbocycles. The summed E-state index contributed by atoms with van der Waals surface area (Å²) in [4.78, 5) is 0. The zero-order valence-electron chi connectivity index (χ0n) is 13.0. The molecule has 2 rings (SSSR count). The monoisotopic (exact) mass is 299 g/mol. The van der Waals surface area contributed by atoms with E-state index in [9.17, 15) is 0 Å². The Bertz CT molecular complexity index is 452. The summed E-state index contributed by atoms with van der Waals surface area (Å²) in [5.41, 5.74) is 2.02. The zero-order valence-corrected chi connectivity index (χ0v) is 13.8. The maximum Gasteiger partial charge on any atom is 0.0850 e. The summed E-state index contributed by atoms with van der Waals surface area (Å²) < 4.78 is 8.01. The highest BCUT2D eigenvalue weighted by Gasteiger charge is 2.38. The van der Waals surface area contributed by atoms with Crippen LogP contribution in [0.4, 0.5) is 0 Å². The molecule has 1 aliphatic rings. The average molecular weight is 300 g/mol. The summed E-state index contributed by atoms with van der Waals surface area (Å²) in [6.07, 6.45) is 3.95. The van der Waals surface area contributed by atoms with Gasteiger partial charge < -0.3 is 10.1 Å². The molecular weight excluding hydrogens is 274 g/mol. The first-order valence-corrected chi connectivity index (χ1v) is 7.98. The van der Waals surface area contributed by atoms with E-state index in [4.69, 9.17) is 16.3 Å². The molecule has 114 valence electrons. The molecule has 1 N–H and O–H groups in total. The van der Waals surface area contributed by atoms with E-state index in [0.717, 1.165) is 55.2 Å². The highest BCUT2D eigenvalue weighted by Crippen LogP contribution is 2.32. The fourth-order valence-electron chi connectivity index (χ4n) is 3.10. The van der Waals surface area contributed by atoms with Crippen molar-refractivity contribution in [3.8, 4) is 0 Å². The molecule has 1 fully saturated rings. The van der Waals surface area contributed by atoms with Gasteiger partial charge >= 0.3 is 0 Å². The van der Waals surface area contributed by atoms with Crippen LogP contribution in [-0.4, -0.2) is 35.1 Å². The van der Waals surface area contributed by atoms with Crippen molar-refractivity contribution in [2.24, 2.45) is 0 Å². The first kappa shape index (κ1) is 15.8. The minimum Gasteiger partial charge on any atom is -0.374 e. The summed E-state index contributed by atoms with van der Waals surface area (Å²) in [5, 5.41) is 8.84. The quantitative estimate of drug-likeness (QED) is 0.878. The van der Waals surface area contributed by atoms with E-state index < -0.39 is 0 Å². The number of nitrogens with zero attached hydrogens (tertiary/aromatic N) is 2. The maximum absolute atomic E-state index is 6.51. The Morgan fingerprint density at radius 1 is 1.50 bits per heavy atom. The van der Waals surface area contributed by atoms with Gasteiger partial charge in [0.05, 0.1) is 22.0 Å². The van der Waals surface area contributed by atoms with Crippen LogP contribution in [0.5, 0.6) is 0 Å². The van der Waals surface area contributed by atoms with Gasteiger partial charge in [-0.05, 0) is 40.2 Å². The van der Waals surface area contributed by atoms with Crippen molar-refractivity contribution in [1.82, 2.24) is 15.1 Å². The van der Waals surface area contributed by atoms with Crippen LogP contribution < -0.4 is 5.32 Å². The minimum absolute atomic E-state index is 0.104. The van der Waals surface area contributed by atoms with E-state index >= 15 is 0 Å². The smallest absolute Gasteiger partial charge is 0.0850 e. The third-order valence-corrected chi connectivity index (χ3v) is 4.86. The third kappa shape index (κ3) is 2.87. The molecule has 1 aromatic rings. The topological polar surface area (TPSA) is 39.1 Å². The highest BCUT2D eigenvalue weighted by molar-refractivity contribution is 6.31. The van der Waals surface area contributed by atoms with E-state index in [1.807, 2.05) is 11.7 Å². The lowest BCUT2D eigenvalue weighted by atomic mass is 9.89. The van der Waals surface area contributed by atoms with Crippen molar-refractivity contribution in [3.63, 3.8) is 0 Å². The molecule has 2 unspecified atom stereocenters. The van der Waals surface area contributed by atoms with Crippen molar-refractivity contribution in [3.05, 3.63) is 16.4 Å². The largest absolute Gasteiger partial charge is 0.374 e. The van der Waals surface area contributed by atoms with Crippen molar-refractivity contribution in [2.45, 2.75) is 64.6 Å². The number of aromatic nitrogens is 2. The Balaban J connectivity index is 2.25. The molecule has 1 saturated heterocycles. The van der Waals surface area contributed by atoms with Crippen molar-refractivity contribution >= 4 is 11.6 Å². The van der Waals surface area contributed by atoms with Gasteiger partial charge in [0.2, 0.25) is 0 Å². The number of rotatable bonds is 6. The van der Waals surface area contributed by atoms with Crippen LogP contribution in [0.15, 0.2) is 0 Å². The van der Waals surface area contributed by atoms with Crippen LogP contribution in [0, 0.1) is 0 Å². The lowest BCUT2D eigenvalue weighted by Gasteiger charge is -2.33. The molecule has 0 amide bonds. The Kier molecular flexibility index (Phi) is 5.10. The van der Waals surface area contributed by atoms with E-state index in [0.29, 0.717) is 0 Å². The zero-order chi connectivity index (χ0) is 14.8. The summed E-state index contributed by atoms with van der Waals surface area (Å²) in [7, 11) is 2.00. The van der Waals surface area contributed by atoms with Crippen LogP contribution >= 0.6 is 11.6 Å². The van der Waals surface area contributed by atoms with Gasteiger partial charge in [0.15, 0.2) is 0 Å². The van der Waals surface area contributed by atoms with Gasteiger partial charge in [-0.3, -0.25) is 4.68 Å². The number of hydrogen-bond donors (Lipinski definition) is 1. The van der Waals surface area contributed by atoms with E-state index in [-0.39, 0.29) is 11.6 Å². The average Bonchev–Trinajstić information content (AvgIpc) is 3.01. The standard InChI is InChI=1S/C15H26ClN3O/c1-5-11-14(16)12(19(6-2)18-11)10-13(17-4)15(3)8-7-9-20-15/h13,17H,5-10H2,1-4H3. The SMILES string of the molecule is CCc1nn(CC)c(CC(NC)C2(C)CCCO2)c1Cl. The predicted octanol–water partition coefficient (Wildman–Crippen LogP) is 2.82. The number of ether oxygens (including phenoxy) is 1. The van der Waals surface area contributed by atoms with Gasteiger partial charge in [-0.15, -0.1) is 0 Å². The number of likely N-dealkylation sites (N-methyl/N-ethyl adjacent to an activating group) is 1. The highest BCUT2D eigenvalue weighted by atomic mass is 35.5. The van der Waals surface area contributed by atoms with Crippen LogP contribution in [0.3, 0.4) is 0 Å². The molecule has 1 aromatic heterocycles. The van der Waals surface area contributed by atoms with E-state index in [1.54, 1.807) is 0 Å². The summed E-state index contributed by atoms with van der Waals surface area (Å²) >= 11 is 6.51. The van der Waals surface area contributed by atoms with Gasteiger partial charge in [0.25, 0.3) is 0 Å². The first-order chi connectivity index (χ1) is 9.55. The van der Waals surface area contributed by atoms with E-state index in [2.05, 4.69) is 31.2 Å². The normalized spacial score (nSPS) is 24.2. The number of hydrogen-bond acceptors (Lipinski definition) is 3. The van der Waals surface area contributed by atoms with Gasteiger partial charge in [0, 0.05) is 25.6 Å². The van der Waals surface area contributed by atoms with Gasteiger partial charge in [-0.1, -0.05) is 18.5 Å². The summed E-state index contributed by atoms with van der Waals surface area (Å²) in [5.74, 6) is 0. The summed E-state index contributed by atoms with van der Waals surface area (Å²) in [6.45, 7) is 8.10. The summed E-state index contributed by atoms with van der Waals surface area (Å²) in [6, 6.07) is 0.259. The number of nitrogens with one attached hydrogen (secondary N) is 1. The van der Waals surface area contributed by atoms with Gasteiger partial charge in [0.1, 0.15) is 0 Å². The van der Waals surface area contributed by atoms with Crippen LogP contribution in [0.2, 0.25) is 5.02 Å². The molecule has 1 aliphatic heterocycles. The van der Waals surface area contributed by atoms with Crippen LogP contribution in [0.25, 0.3) is 0 Å². The fraction of sp³-hybridized carbons (Fsp3) is 0.800. The second-order valence-electron chi connectivity index (χ2n) is 5.69. The van der Waals surface area contributed by atoms with Gasteiger partial charge in [-0.2, -0.15) is 5.10 Å². The number of halogens is 1. The Morgan fingerprint density at radius 2 is 2.25 bits per heavy atom. The minimum atomic E-state index is -0.104. The Labute approximate surface area is 126 Å². The lowest BCUT2D eigenvalue weighted by Crippen LogP contribution is -2.48. The molecular formula is C15H26ClN3O. The lowest BCUT2D eigenvalue weighted by molar-refractivity contribution is -0.00990. The molecule has 2 heterocycles. The van der Waals surface area contributed by atoms with Crippen molar-refractivity contribution < 1.29 is 4.74 Å². The molecule has 2 atom stereocenters. The maximum atomic E-state index is 6.51. The van der Waals surface area contributed by atoms with Gasteiger partial charge in [-0.25, -0.2) is 0 Å². The van der Waals surface area contributed by atoms with Crippen LogP contribution in [-0.2, 0) is 24.1 Å². The number of aryl methyl sites for hydroxylation is 2. The van der Waals surface area contributed by atoms with E-state index in [1.165, 1.54) is 0 Å². The molecule has 5 heteroatoms. The predicted molar refractivity (Wildman–Crippen MR) is 82.4 cm³/mol. The molecule has 0 aliphatic carbocycles. The second kappa shape index (κ2) is 6.46. The van der Waals surface area contributed by atoms with Crippen molar-refractivity contribution in [1.29, 1.82) is 0 Å². The van der Waals surface area contributed by atoms with Crippen LogP contribution in [0.1, 0.15) is 45.0 Å². The first-order valence-electron chi connectivity index (χ1n) is 7.61. The Hall–Kier alpha value is -0.580. The fourth-order valence-corrected chi connectivity index (χ4v) is 3.45. The molecule has 0 spiro atoms. The third-order valence-electron chi connectivity index (χ3n) is 4.43.